The molecule has 2 saturated heterocycles. The Morgan fingerprint density at radius 3 is 2.63 bits per heavy atom. The van der Waals surface area contributed by atoms with Gasteiger partial charge in [0.25, 0.3) is 5.91 Å². The highest BCUT2D eigenvalue weighted by atomic mass is 32.2. The van der Waals surface area contributed by atoms with E-state index in [-0.39, 0.29) is 18.0 Å². The predicted octanol–water partition coefficient (Wildman–Crippen LogP) is 4.45. The summed E-state index contributed by atoms with van der Waals surface area (Å²) in [7, 11) is -1.75. The topological polar surface area (TPSA) is 111 Å². The van der Waals surface area contributed by atoms with Crippen molar-refractivity contribution in [3.05, 3.63) is 66.0 Å². The van der Waals surface area contributed by atoms with E-state index in [1.807, 2.05) is 29.2 Å². The van der Waals surface area contributed by atoms with Crippen LogP contribution in [0.4, 0.5) is 0 Å². The number of rotatable bonds is 8. The standard InChI is InChI=1S/C31H39N5O4S/c1-40-25-9-10-28-22(17-25)18-30(33-28)31(37)36-20-23(34-41(2,38)39)7-8-24(36)13-16-35-14-11-21(12-15-35)27-19-32-29-6-4-3-5-26(27)29/h3-6,9-10,17-19,21,23-24,32-34H,7-8,11-16,20H2,1-2H3/t23-,24+/m1/s1. The summed E-state index contributed by atoms with van der Waals surface area (Å²) in [4.78, 5) is 24.9. The van der Waals surface area contributed by atoms with Gasteiger partial charge in [-0.15, -0.1) is 0 Å². The van der Waals surface area contributed by atoms with Gasteiger partial charge in [0.1, 0.15) is 11.4 Å². The number of sulfonamides is 1. The molecule has 4 aromatic rings. The number of fused-ring (bicyclic) bond motifs is 2. The number of carbonyl (C=O) groups is 1. The van der Waals surface area contributed by atoms with Gasteiger partial charge in [-0.2, -0.15) is 0 Å². The Morgan fingerprint density at radius 1 is 1.05 bits per heavy atom. The van der Waals surface area contributed by atoms with Crippen LogP contribution in [-0.2, 0) is 10.0 Å². The summed E-state index contributed by atoms with van der Waals surface area (Å²) >= 11 is 0. The van der Waals surface area contributed by atoms with Gasteiger partial charge in [-0.25, -0.2) is 13.1 Å². The molecule has 1 amide bonds. The van der Waals surface area contributed by atoms with Crippen LogP contribution in [0.25, 0.3) is 21.8 Å². The Balaban J connectivity index is 1.13. The number of aromatic nitrogens is 2. The fourth-order valence-electron chi connectivity index (χ4n) is 6.71. The third kappa shape index (κ3) is 6.14. The number of hydrogen-bond acceptors (Lipinski definition) is 5. The quantitative estimate of drug-likeness (QED) is 0.287. The Labute approximate surface area is 241 Å². The first-order chi connectivity index (χ1) is 19.8. The van der Waals surface area contributed by atoms with Gasteiger partial charge in [0, 0.05) is 53.2 Å². The number of methoxy groups -OCH3 is 1. The number of aromatic amines is 2. The Morgan fingerprint density at radius 2 is 1.85 bits per heavy atom. The van der Waals surface area contributed by atoms with E-state index in [1.54, 1.807) is 7.11 Å². The zero-order valence-electron chi connectivity index (χ0n) is 23.7. The average Bonchev–Trinajstić information content (AvgIpc) is 3.60. The molecule has 0 bridgehead atoms. The maximum atomic E-state index is 13.8. The fourth-order valence-corrected chi connectivity index (χ4v) is 7.51. The molecule has 10 heteroatoms. The monoisotopic (exact) mass is 577 g/mol. The van der Waals surface area contributed by atoms with Gasteiger partial charge >= 0.3 is 0 Å². The molecule has 9 nitrogen and oxygen atoms in total. The SMILES string of the molecule is COc1ccc2[nH]c(C(=O)N3C[C@H](NS(C)(=O)=O)CC[C@H]3CCN3CCC(c4c[nH]c5ccccc45)CC3)cc2c1. The van der Waals surface area contributed by atoms with Gasteiger partial charge in [0.15, 0.2) is 0 Å². The molecule has 2 atom stereocenters. The first-order valence-electron chi connectivity index (χ1n) is 14.5. The van der Waals surface area contributed by atoms with Crippen molar-refractivity contribution in [2.75, 3.05) is 39.5 Å². The molecule has 3 N–H and O–H groups in total. The molecule has 0 radical (unpaired) electrons. The molecule has 218 valence electrons. The number of para-hydroxylation sites is 1. The van der Waals surface area contributed by atoms with E-state index in [0.717, 1.165) is 62.0 Å². The number of nitrogens with one attached hydrogen (secondary N) is 3. The molecule has 0 saturated carbocycles. The van der Waals surface area contributed by atoms with Gasteiger partial charge in [0.05, 0.1) is 13.4 Å². The zero-order chi connectivity index (χ0) is 28.6. The van der Waals surface area contributed by atoms with E-state index >= 15 is 0 Å². The Bertz CT molecular complexity index is 1640. The second-order valence-electron chi connectivity index (χ2n) is 11.6. The molecule has 0 aliphatic carbocycles. The summed E-state index contributed by atoms with van der Waals surface area (Å²) in [6.07, 6.45) is 7.94. The first-order valence-corrected chi connectivity index (χ1v) is 16.4. The summed E-state index contributed by atoms with van der Waals surface area (Å²) in [5.41, 5.74) is 4.00. The molecule has 2 aromatic carbocycles. The lowest BCUT2D eigenvalue weighted by molar-refractivity contribution is 0.0536. The lowest BCUT2D eigenvalue weighted by atomic mass is 9.89. The molecule has 2 aromatic heterocycles. The van der Waals surface area contributed by atoms with Gasteiger partial charge in [-0.3, -0.25) is 4.79 Å². The minimum atomic E-state index is -3.37. The van der Waals surface area contributed by atoms with E-state index in [2.05, 4.69) is 50.1 Å². The third-order valence-electron chi connectivity index (χ3n) is 8.83. The fraction of sp³-hybridized carbons (Fsp3) is 0.452. The maximum Gasteiger partial charge on any atom is 0.270 e. The number of benzene rings is 2. The third-order valence-corrected chi connectivity index (χ3v) is 9.59. The van der Waals surface area contributed by atoms with Gasteiger partial charge in [-0.1, -0.05) is 18.2 Å². The summed E-state index contributed by atoms with van der Waals surface area (Å²) < 4.78 is 32.0. The van der Waals surface area contributed by atoms with Crippen LogP contribution in [0.2, 0.25) is 0 Å². The highest BCUT2D eigenvalue weighted by molar-refractivity contribution is 7.88. The van der Waals surface area contributed by atoms with Crippen LogP contribution < -0.4 is 9.46 Å². The van der Waals surface area contributed by atoms with E-state index in [9.17, 15) is 13.2 Å². The van der Waals surface area contributed by atoms with Crippen molar-refractivity contribution in [1.29, 1.82) is 0 Å². The summed E-state index contributed by atoms with van der Waals surface area (Å²) in [5, 5.41) is 2.24. The Hall–Kier alpha value is -3.34. The molecule has 6 rings (SSSR count). The number of ether oxygens (including phenoxy) is 1. The van der Waals surface area contributed by atoms with Crippen molar-refractivity contribution in [2.45, 2.75) is 50.1 Å². The second kappa shape index (κ2) is 11.5. The summed E-state index contributed by atoms with van der Waals surface area (Å²) in [5.74, 6) is 1.19. The van der Waals surface area contributed by atoms with Crippen LogP contribution in [0.3, 0.4) is 0 Å². The van der Waals surface area contributed by atoms with E-state index in [1.165, 1.54) is 22.7 Å². The van der Waals surface area contributed by atoms with E-state index < -0.39 is 10.0 Å². The largest absolute Gasteiger partial charge is 0.497 e. The van der Waals surface area contributed by atoms with Crippen LogP contribution in [0, 0.1) is 0 Å². The maximum absolute atomic E-state index is 13.8. The second-order valence-corrected chi connectivity index (χ2v) is 13.4. The molecule has 0 spiro atoms. The predicted molar refractivity (Wildman–Crippen MR) is 162 cm³/mol. The van der Waals surface area contributed by atoms with Crippen molar-refractivity contribution < 1.29 is 17.9 Å². The minimum Gasteiger partial charge on any atom is -0.497 e. The number of piperidine rings is 2. The smallest absolute Gasteiger partial charge is 0.270 e. The lowest BCUT2D eigenvalue weighted by Crippen LogP contribution is -2.54. The van der Waals surface area contributed by atoms with Crippen molar-refractivity contribution in [1.82, 2.24) is 24.5 Å². The number of amides is 1. The summed E-state index contributed by atoms with van der Waals surface area (Å²) in [6, 6.07) is 15.8. The molecule has 2 aliphatic heterocycles. The van der Waals surface area contributed by atoms with Crippen LogP contribution in [0.1, 0.15) is 54.1 Å². The zero-order valence-corrected chi connectivity index (χ0v) is 24.5. The molecular formula is C31H39N5O4S. The van der Waals surface area contributed by atoms with Crippen molar-refractivity contribution in [2.24, 2.45) is 0 Å². The van der Waals surface area contributed by atoms with Crippen molar-refractivity contribution in [3.63, 3.8) is 0 Å². The number of likely N-dealkylation sites (tertiary alicyclic amines) is 2. The van der Waals surface area contributed by atoms with Gasteiger partial charge < -0.3 is 24.5 Å². The molecule has 4 heterocycles. The number of carbonyl (C=O) groups excluding carboxylic acids is 1. The molecule has 41 heavy (non-hydrogen) atoms. The molecular weight excluding hydrogens is 538 g/mol. The molecule has 2 aliphatic rings. The van der Waals surface area contributed by atoms with Crippen LogP contribution >= 0.6 is 0 Å². The van der Waals surface area contributed by atoms with Crippen LogP contribution in [0.5, 0.6) is 5.75 Å². The number of hydrogen-bond donors (Lipinski definition) is 3. The van der Waals surface area contributed by atoms with Gasteiger partial charge in [0.2, 0.25) is 10.0 Å². The number of H-pyrrole nitrogens is 2. The van der Waals surface area contributed by atoms with E-state index in [0.29, 0.717) is 24.6 Å². The first kappa shape index (κ1) is 27.8. The lowest BCUT2D eigenvalue weighted by Gasteiger charge is -2.41. The molecule has 2 fully saturated rings. The van der Waals surface area contributed by atoms with Gasteiger partial charge in [-0.05, 0) is 87.0 Å². The van der Waals surface area contributed by atoms with Crippen LogP contribution in [0.15, 0.2) is 54.7 Å². The highest BCUT2D eigenvalue weighted by Gasteiger charge is 2.34. The van der Waals surface area contributed by atoms with Crippen LogP contribution in [-0.4, -0.2) is 85.7 Å². The van der Waals surface area contributed by atoms with Crippen molar-refractivity contribution >= 4 is 37.7 Å². The normalized spacial score (nSPS) is 21.1. The van der Waals surface area contributed by atoms with Crippen molar-refractivity contribution in [3.8, 4) is 5.75 Å². The van der Waals surface area contributed by atoms with E-state index in [4.69, 9.17) is 4.74 Å². The number of nitrogens with zero attached hydrogens (tertiary/aromatic N) is 2. The average molecular weight is 578 g/mol. The summed E-state index contributed by atoms with van der Waals surface area (Å²) in [6.45, 7) is 3.35. The molecule has 0 unspecified atom stereocenters. The Kier molecular flexibility index (Phi) is 7.80. The minimum absolute atomic E-state index is 0.0485. The highest BCUT2D eigenvalue weighted by Crippen LogP contribution is 2.33.